The Morgan fingerprint density at radius 2 is 1.83 bits per heavy atom. The van der Waals surface area contributed by atoms with Crippen molar-refractivity contribution >= 4 is 46.0 Å². The van der Waals surface area contributed by atoms with Crippen LogP contribution >= 0.6 is 35.2 Å². The molecule has 29 heavy (non-hydrogen) atoms. The molecule has 146 valence electrons. The van der Waals surface area contributed by atoms with E-state index in [1.807, 2.05) is 41.3 Å². The number of ether oxygens (including phenoxy) is 4. The minimum atomic E-state index is -0.812. The highest BCUT2D eigenvalue weighted by molar-refractivity contribution is 7.80. The Hall–Kier alpha value is -2.48. The maximum Gasteiger partial charge on any atom is 0.265 e. The Morgan fingerprint density at radius 1 is 1.00 bits per heavy atom. The summed E-state index contributed by atoms with van der Waals surface area (Å²) in [6.07, 6.45) is 0. The summed E-state index contributed by atoms with van der Waals surface area (Å²) in [7, 11) is 0. The first kappa shape index (κ1) is 17.4. The second-order valence-electron chi connectivity index (χ2n) is 6.99. The lowest BCUT2D eigenvalue weighted by atomic mass is 9.85. The lowest BCUT2D eigenvalue weighted by molar-refractivity contribution is 0.0653. The number of fused-ring (bicyclic) bond motifs is 5. The van der Waals surface area contributed by atoms with E-state index in [9.17, 15) is 0 Å². The van der Waals surface area contributed by atoms with E-state index in [4.69, 9.17) is 42.8 Å². The highest BCUT2D eigenvalue weighted by atomic mass is 35.5. The van der Waals surface area contributed by atoms with E-state index in [0.29, 0.717) is 29.8 Å². The summed E-state index contributed by atoms with van der Waals surface area (Å²) in [5.74, 6) is 2.10. The lowest BCUT2D eigenvalue weighted by Gasteiger charge is -2.41. The number of thiocarbonyl (C=S) groups is 1. The average molecular weight is 444 g/mol. The largest absolute Gasteiger partial charge is 0.488 e. The molecule has 0 fully saturated rings. The van der Waals surface area contributed by atoms with Crippen LogP contribution in [0.2, 0.25) is 4.34 Å². The smallest absolute Gasteiger partial charge is 0.265 e. The van der Waals surface area contributed by atoms with Crippen LogP contribution in [0.3, 0.4) is 0 Å². The van der Waals surface area contributed by atoms with Crippen LogP contribution < -0.4 is 19.1 Å². The van der Waals surface area contributed by atoms with Crippen LogP contribution in [-0.4, -0.2) is 18.6 Å². The summed E-state index contributed by atoms with van der Waals surface area (Å²) >= 11 is 13.4. The predicted octanol–water partition coefficient (Wildman–Crippen LogP) is 5.09. The third kappa shape index (κ3) is 2.54. The van der Waals surface area contributed by atoms with Gasteiger partial charge in [0.2, 0.25) is 12.4 Å². The fourth-order valence-electron chi connectivity index (χ4n) is 4.07. The molecule has 0 radical (unpaired) electrons. The maximum absolute atomic E-state index is 6.45. The van der Waals surface area contributed by atoms with Crippen molar-refractivity contribution in [2.75, 3.05) is 18.3 Å². The van der Waals surface area contributed by atoms with Crippen LogP contribution in [0.5, 0.6) is 17.2 Å². The molecule has 4 heterocycles. The van der Waals surface area contributed by atoms with Crippen LogP contribution in [0.25, 0.3) is 0 Å². The van der Waals surface area contributed by atoms with Crippen molar-refractivity contribution in [2.24, 2.45) is 0 Å². The fourth-order valence-corrected chi connectivity index (χ4v) is 5.45. The van der Waals surface area contributed by atoms with Gasteiger partial charge < -0.3 is 18.9 Å². The number of nitrogens with zero attached hydrogens (tertiary/aromatic N) is 1. The van der Waals surface area contributed by atoms with E-state index in [2.05, 4.69) is 12.1 Å². The molecule has 0 bridgehead atoms. The third-order valence-electron chi connectivity index (χ3n) is 5.40. The number of hydrogen-bond donors (Lipinski definition) is 0. The molecule has 6 rings (SSSR count). The molecular weight excluding hydrogens is 430 g/mol. The monoisotopic (exact) mass is 443 g/mol. The molecule has 1 spiro atoms. The Kier molecular flexibility index (Phi) is 3.75. The van der Waals surface area contributed by atoms with Crippen molar-refractivity contribution < 1.29 is 18.9 Å². The Balaban J connectivity index is 1.48. The minimum absolute atomic E-state index is 0.207. The van der Waals surface area contributed by atoms with Crippen LogP contribution in [0.1, 0.15) is 16.0 Å². The van der Waals surface area contributed by atoms with Gasteiger partial charge in [-0.3, -0.25) is 4.90 Å². The molecule has 0 aliphatic carbocycles. The maximum atomic E-state index is 6.45. The van der Waals surface area contributed by atoms with Gasteiger partial charge in [0.15, 0.2) is 11.5 Å². The van der Waals surface area contributed by atoms with E-state index in [1.165, 1.54) is 11.3 Å². The van der Waals surface area contributed by atoms with Gasteiger partial charge in [0.1, 0.15) is 12.4 Å². The Labute approximate surface area is 181 Å². The van der Waals surface area contributed by atoms with E-state index in [0.717, 1.165) is 31.8 Å². The molecule has 3 aromatic rings. The van der Waals surface area contributed by atoms with Gasteiger partial charge in [0, 0.05) is 22.1 Å². The molecule has 3 aliphatic heterocycles. The van der Waals surface area contributed by atoms with Gasteiger partial charge in [-0.15, -0.1) is 11.3 Å². The molecule has 0 saturated heterocycles. The topological polar surface area (TPSA) is 40.2 Å². The van der Waals surface area contributed by atoms with Gasteiger partial charge in [-0.2, -0.15) is 0 Å². The number of thiophene rings is 1. The Bertz CT molecular complexity index is 1160. The predicted molar refractivity (Wildman–Crippen MR) is 114 cm³/mol. The molecule has 0 N–H and O–H groups in total. The number of halogens is 1. The van der Waals surface area contributed by atoms with Crippen molar-refractivity contribution in [3.8, 4) is 17.2 Å². The summed E-state index contributed by atoms with van der Waals surface area (Å²) < 4.78 is 24.3. The second-order valence-corrected chi connectivity index (χ2v) is 9.14. The zero-order chi connectivity index (χ0) is 19.6. The molecule has 0 saturated carbocycles. The summed E-state index contributed by atoms with van der Waals surface area (Å²) in [4.78, 5) is 3.11. The van der Waals surface area contributed by atoms with Crippen LogP contribution in [0, 0.1) is 0 Å². The fraction of sp³-hybridized carbons (Fsp3) is 0.190. The molecule has 1 atom stereocenters. The SMILES string of the molecule is S=C1OC2(COc3cc4c(cc32)OCO4)c2ccccc2N1Cc1ccc(Cl)s1. The summed E-state index contributed by atoms with van der Waals surface area (Å²) in [5, 5.41) is 0.405. The van der Waals surface area contributed by atoms with Crippen molar-refractivity contribution in [2.45, 2.75) is 12.1 Å². The number of hydrogen-bond acceptors (Lipinski definition) is 6. The van der Waals surface area contributed by atoms with Gasteiger partial charge >= 0.3 is 0 Å². The third-order valence-corrected chi connectivity index (χ3v) is 6.92. The molecule has 1 unspecified atom stereocenters. The van der Waals surface area contributed by atoms with E-state index < -0.39 is 5.60 Å². The molecule has 2 aromatic carbocycles. The standard InChI is InChI=1S/C21H14ClNO4S2/c22-19-6-5-12(29-19)9-23-15-4-2-1-3-13(15)21(27-20(23)28)10-24-16-8-18-17(7-14(16)21)25-11-26-18/h1-8H,9-11H2. The molecule has 0 amide bonds. The molecule has 5 nitrogen and oxygen atoms in total. The summed E-state index contributed by atoms with van der Waals surface area (Å²) in [5.41, 5.74) is 2.10. The van der Waals surface area contributed by atoms with Crippen LogP contribution in [0.4, 0.5) is 5.69 Å². The summed E-state index contributed by atoms with van der Waals surface area (Å²) in [6.45, 7) is 1.14. The molecular formula is C21H14ClNO4S2. The van der Waals surface area contributed by atoms with Crippen molar-refractivity contribution in [1.29, 1.82) is 0 Å². The van der Waals surface area contributed by atoms with Gasteiger partial charge in [0.25, 0.3) is 5.17 Å². The minimum Gasteiger partial charge on any atom is -0.488 e. The highest BCUT2D eigenvalue weighted by Crippen LogP contribution is 2.53. The van der Waals surface area contributed by atoms with Crippen molar-refractivity contribution in [3.05, 3.63) is 68.9 Å². The van der Waals surface area contributed by atoms with Gasteiger partial charge in [-0.05, 0) is 36.5 Å². The lowest BCUT2D eigenvalue weighted by Crippen LogP contribution is -2.47. The van der Waals surface area contributed by atoms with Gasteiger partial charge in [-0.25, -0.2) is 0 Å². The first-order chi connectivity index (χ1) is 14.1. The van der Waals surface area contributed by atoms with E-state index in [1.54, 1.807) is 0 Å². The van der Waals surface area contributed by atoms with Gasteiger partial charge in [0.05, 0.1) is 16.6 Å². The van der Waals surface area contributed by atoms with Crippen molar-refractivity contribution in [3.63, 3.8) is 0 Å². The molecule has 1 aromatic heterocycles. The zero-order valence-electron chi connectivity index (χ0n) is 15.0. The average Bonchev–Trinajstić information content (AvgIpc) is 3.43. The second kappa shape index (κ2) is 6.26. The zero-order valence-corrected chi connectivity index (χ0v) is 17.4. The Morgan fingerprint density at radius 3 is 2.66 bits per heavy atom. The quantitative estimate of drug-likeness (QED) is 0.514. The first-order valence-corrected chi connectivity index (χ1v) is 10.7. The first-order valence-electron chi connectivity index (χ1n) is 9.05. The van der Waals surface area contributed by atoms with Crippen LogP contribution in [-0.2, 0) is 16.9 Å². The van der Waals surface area contributed by atoms with E-state index >= 15 is 0 Å². The highest BCUT2D eigenvalue weighted by Gasteiger charge is 2.51. The number of benzene rings is 2. The van der Waals surface area contributed by atoms with Crippen molar-refractivity contribution in [1.82, 2.24) is 0 Å². The normalized spacial score (nSPS) is 21.0. The number of anilines is 1. The summed E-state index contributed by atoms with van der Waals surface area (Å²) in [6, 6.07) is 15.8. The molecule has 3 aliphatic rings. The molecule has 8 heteroatoms. The number of rotatable bonds is 2. The van der Waals surface area contributed by atoms with Gasteiger partial charge in [-0.1, -0.05) is 29.8 Å². The van der Waals surface area contributed by atoms with E-state index in [-0.39, 0.29) is 6.79 Å². The van der Waals surface area contributed by atoms with Crippen LogP contribution in [0.15, 0.2) is 48.5 Å². The number of para-hydroxylation sites is 1.